The fraction of sp³-hybridized carbons (Fsp3) is 0.214. The van der Waals surface area contributed by atoms with Crippen molar-refractivity contribution in [2.24, 2.45) is 5.16 Å². The molecule has 0 aliphatic heterocycles. The lowest BCUT2D eigenvalue weighted by Crippen LogP contribution is -2.00. The van der Waals surface area contributed by atoms with Gasteiger partial charge in [-0.15, -0.1) is 10.2 Å². The van der Waals surface area contributed by atoms with Gasteiger partial charge in [0.1, 0.15) is 5.69 Å². The van der Waals surface area contributed by atoms with E-state index < -0.39 is 0 Å². The van der Waals surface area contributed by atoms with Crippen molar-refractivity contribution in [3.05, 3.63) is 35.2 Å². The van der Waals surface area contributed by atoms with E-state index in [0.717, 1.165) is 35.1 Å². The summed E-state index contributed by atoms with van der Waals surface area (Å²) in [6.07, 6.45) is 3.57. The predicted octanol–water partition coefficient (Wildman–Crippen LogP) is 3.56. The van der Waals surface area contributed by atoms with E-state index in [0.29, 0.717) is 10.9 Å². The Balaban J connectivity index is 2.41. The SMILES string of the molecule is CCCn1c(-c2nnco2)c(/C=N/O)c2ccc(Cl)cc21. The summed E-state index contributed by atoms with van der Waals surface area (Å²) in [5.74, 6) is 0.380. The van der Waals surface area contributed by atoms with Crippen molar-refractivity contribution < 1.29 is 9.62 Å². The van der Waals surface area contributed by atoms with Crippen LogP contribution in [-0.4, -0.2) is 26.2 Å². The fourth-order valence-corrected chi connectivity index (χ4v) is 2.67. The molecule has 2 heterocycles. The minimum Gasteiger partial charge on any atom is -0.422 e. The second-order valence-electron chi connectivity index (χ2n) is 4.56. The molecule has 2 aromatic heterocycles. The third kappa shape index (κ3) is 2.27. The van der Waals surface area contributed by atoms with Crippen LogP contribution in [0.1, 0.15) is 18.9 Å². The lowest BCUT2D eigenvalue weighted by Gasteiger charge is -2.07. The highest BCUT2D eigenvalue weighted by Gasteiger charge is 2.21. The quantitative estimate of drug-likeness (QED) is 0.454. The van der Waals surface area contributed by atoms with Crippen molar-refractivity contribution in [3.63, 3.8) is 0 Å². The predicted molar refractivity (Wildman–Crippen MR) is 79.9 cm³/mol. The van der Waals surface area contributed by atoms with Crippen LogP contribution in [-0.2, 0) is 6.54 Å². The molecule has 0 fully saturated rings. The van der Waals surface area contributed by atoms with Crippen molar-refractivity contribution in [1.82, 2.24) is 14.8 Å². The summed E-state index contributed by atoms with van der Waals surface area (Å²) in [7, 11) is 0. The normalized spacial score (nSPS) is 11.7. The van der Waals surface area contributed by atoms with Crippen LogP contribution >= 0.6 is 11.6 Å². The van der Waals surface area contributed by atoms with Crippen LogP contribution in [0.15, 0.2) is 34.2 Å². The molecule has 0 amide bonds. The standard InChI is InChI=1S/C14H13ClN4O2/c1-2-5-19-12-6-9(15)3-4-10(12)11(7-17-20)13(19)14-18-16-8-21-14/h3-4,6-8,20H,2,5H2,1H3/b17-7+. The smallest absolute Gasteiger partial charge is 0.264 e. The second kappa shape index (κ2) is 5.57. The Morgan fingerprint density at radius 3 is 3.00 bits per heavy atom. The maximum absolute atomic E-state index is 8.96. The first-order chi connectivity index (χ1) is 10.3. The van der Waals surface area contributed by atoms with E-state index >= 15 is 0 Å². The van der Waals surface area contributed by atoms with Crippen LogP contribution in [0, 0.1) is 0 Å². The molecular weight excluding hydrogens is 292 g/mol. The van der Waals surface area contributed by atoms with Crippen LogP contribution < -0.4 is 0 Å². The molecule has 0 saturated heterocycles. The Bertz CT molecular complexity index is 793. The molecular formula is C14H13ClN4O2. The van der Waals surface area contributed by atoms with Crippen molar-refractivity contribution in [3.8, 4) is 11.6 Å². The number of oxime groups is 1. The number of aromatic nitrogens is 3. The molecule has 7 heteroatoms. The molecule has 0 radical (unpaired) electrons. The molecule has 6 nitrogen and oxygen atoms in total. The van der Waals surface area contributed by atoms with Gasteiger partial charge in [-0.3, -0.25) is 0 Å². The highest BCUT2D eigenvalue weighted by Crippen LogP contribution is 2.33. The molecule has 1 N–H and O–H groups in total. The summed E-state index contributed by atoms with van der Waals surface area (Å²) in [5, 5.41) is 21.4. The number of rotatable bonds is 4. The molecule has 0 unspecified atom stereocenters. The van der Waals surface area contributed by atoms with Crippen LogP contribution in [0.5, 0.6) is 0 Å². The lowest BCUT2D eigenvalue weighted by molar-refractivity contribution is 0.322. The topological polar surface area (TPSA) is 76.4 Å². The van der Waals surface area contributed by atoms with Crippen molar-refractivity contribution >= 4 is 28.7 Å². The zero-order valence-electron chi connectivity index (χ0n) is 11.3. The van der Waals surface area contributed by atoms with Gasteiger partial charge in [-0.1, -0.05) is 29.7 Å². The first kappa shape index (κ1) is 13.6. The summed E-state index contributed by atoms with van der Waals surface area (Å²) in [6.45, 7) is 2.83. The zero-order valence-corrected chi connectivity index (χ0v) is 12.1. The van der Waals surface area contributed by atoms with Crippen molar-refractivity contribution in [2.45, 2.75) is 19.9 Å². The van der Waals surface area contributed by atoms with Gasteiger partial charge in [0.05, 0.1) is 11.7 Å². The monoisotopic (exact) mass is 304 g/mol. The molecule has 0 saturated carbocycles. The van der Waals surface area contributed by atoms with Gasteiger partial charge in [0, 0.05) is 22.5 Å². The Labute approximate surface area is 125 Å². The van der Waals surface area contributed by atoms with Crippen molar-refractivity contribution in [2.75, 3.05) is 0 Å². The summed E-state index contributed by atoms with van der Waals surface area (Å²) in [5.41, 5.74) is 2.39. The Hall–Kier alpha value is -2.34. The molecule has 3 rings (SSSR count). The number of aryl methyl sites for hydroxylation is 1. The highest BCUT2D eigenvalue weighted by atomic mass is 35.5. The van der Waals surface area contributed by atoms with Crippen LogP contribution in [0.25, 0.3) is 22.5 Å². The summed E-state index contributed by atoms with van der Waals surface area (Å²) in [4.78, 5) is 0. The van der Waals surface area contributed by atoms with Crippen LogP contribution in [0.3, 0.4) is 0 Å². The number of hydrogen-bond acceptors (Lipinski definition) is 5. The molecule has 0 aliphatic rings. The van der Waals surface area contributed by atoms with E-state index in [9.17, 15) is 0 Å². The minimum absolute atomic E-state index is 0.380. The Morgan fingerprint density at radius 2 is 2.33 bits per heavy atom. The van der Waals surface area contributed by atoms with E-state index in [-0.39, 0.29) is 0 Å². The number of halogens is 1. The van der Waals surface area contributed by atoms with E-state index in [4.69, 9.17) is 21.2 Å². The molecule has 0 atom stereocenters. The third-order valence-electron chi connectivity index (χ3n) is 3.26. The fourth-order valence-electron chi connectivity index (χ4n) is 2.50. The number of fused-ring (bicyclic) bond motifs is 1. The second-order valence-corrected chi connectivity index (χ2v) is 5.00. The van der Waals surface area contributed by atoms with Gasteiger partial charge >= 0.3 is 0 Å². The van der Waals surface area contributed by atoms with E-state index in [1.807, 2.05) is 16.7 Å². The lowest BCUT2D eigenvalue weighted by atomic mass is 10.1. The van der Waals surface area contributed by atoms with E-state index in [1.165, 1.54) is 12.6 Å². The van der Waals surface area contributed by atoms with Crippen molar-refractivity contribution in [1.29, 1.82) is 0 Å². The molecule has 21 heavy (non-hydrogen) atoms. The van der Waals surface area contributed by atoms with E-state index in [1.54, 1.807) is 6.07 Å². The van der Waals surface area contributed by atoms with E-state index in [2.05, 4.69) is 22.3 Å². The molecule has 0 spiro atoms. The summed E-state index contributed by atoms with van der Waals surface area (Å²) >= 11 is 6.11. The zero-order chi connectivity index (χ0) is 14.8. The first-order valence-electron chi connectivity index (χ1n) is 6.52. The Kier molecular flexibility index (Phi) is 3.62. The molecule has 108 valence electrons. The largest absolute Gasteiger partial charge is 0.422 e. The van der Waals surface area contributed by atoms with Gasteiger partial charge in [-0.05, 0) is 18.6 Å². The van der Waals surface area contributed by atoms with Gasteiger partial charge in [0.2, 0.25) is 6.39 Å². The molecule has 3 aromatic rings. The average molecular weight is 305 g/mol. The summed E-state index contributed by atoms with van der Waals surface area (Å²) in [6, 6.07) is 5.56. The molecule has 0 aliphatic carbocycles. The highest BCUT2D eigenvalue weighted by molar-refractivity contribution is 6.31. The first-order valence-corrected chi connectivity index (χ1v) is 6.89. The van der Waals surface area contributed by atoms with Gasteiger partial charge in [-0.25, -0.2) is 0 Å². The third-order valence-corrected chi connectivity index (χ3v) is 3.50. The maximum atomic E-state index is 8.96. The van der Waals surface area contributed by atoms with Crippen LogP contribution in [0.2, 0.25) is 5.02 Å². The van der Waals surface area contributed by atoms with Gasteiger partial charge in [0.15, 0.2) is 0 Å². The van der Waals surface area contributed by atoms with Gasteiger partial charge < -0.3 is 14.2 Å². The Morgan fingerprint density at radius 1 is 1.48 bits per heavy atom. The summed E-state index contributed by atoms with van der Waals surface area (Å²) < 4.78 is 7.38. The number of benzene rings is 1. The molecule has 1 aromatic carbocycles. The average Bonchev–Trinajstić information content (AvgIpc) is 3.07. The van der Waals surface area contributed by atoms with Gasteiger partial charge in [-0.2, -0.15) is 0 Å². The minimum atomic E-state index is 0.380. The maximum Gasteiger partial charge on any atom is 0.264 e. The van der Waals surface area contributed by atoms with Crippen LogP contribution in [0.4, 0.5) is 0 Å². The van der Waals surface area contributed by atoms with Gasteiger partial charge in [0.25, 0.3) is 5.89 Å². The number of nitrogens with zero attached hydrogens (tertiary/aromatic N) is 4. The molecule has 0 bridgehead atoms. The number of hydrogen-bond donors (Lipinski definition) is 1.